The van der Waals surface area contributed by atoms with Crippen LogP contribution in [0.2, 0.25) is 0 Å². The molecule has 3 aromatic rings. The molecule has 8 nitrogen and oxygen atoms in total. The maximum absolute atomic E-state index is 14.8. The topological polar surface area (TPSA) is 110 Å². The zero-order valence-electron chi connectivity index (χ0n) is 17.2. The summed E-state index contributed by atoms with van der Waals surface area (Å²) < 4.78 is 20.0. The minimum Gasteiger partial charge on any atom is -0.351 e. The minimum atomic E-state index is -1.09. The molecule has 2 saturated heterocycles. The van der Waals surface area contributed by atoms with Gasteiger partial charge in [-0.25, -0.2) is 4.39 Å². The highest BCUT2D eigenvalue weighted by Crippen LogP contribution is 2.37. The number of rotatable bonds is 5. The number of ketones is 1. The van der Waals surface area contributed by atoms with Gasteiger partial charge in [0.15, 0.2) is 17.4 Å². The van der Waals surface area contributed by atoms with Crippen LogP contribution in [0.1, 0.15) is 17.5 Å². The van der Waals surface area contributed by atoms with E-state index in [-0.39, 0.29) is 35.5 Å². The van der Waals surface area contributed by atoms with Crippen molar-refractivity contribution in [3.8, 4) is 0 Å². The number of piperidine rings is 1. The van der Waals surface area contributed by atoms with Crippen molar-refractivity contribution in [3.05, 3.63) is 59.4 Å². The number of anilines is 1. The molecule has 2 aliphatic rings. The van der Waals surface area contributed by atoms with Crippen molar-refractivity contribution >= 4 is 51.4 Å². The van der Waals surface area contributed by atoms with Crippen molar-refractivity contribution in [3.63, 3.8) is 0 Å². The SMILES string of the molecule is O=C1CC(=O)C(Cc2cc(F)c3onc(N4C(=O)SC[C@@H]4Cc4ccccc4)c3c2)C(=O)N1. The molecule has 0 spiro atoms. The van der Waals surface area contributed by atoms with Crippen LogP contribution in [0.4, 0.5) is 15.0 Å². The van der Waals surface area contributed by atoms with Gasteiger partial charge >= 0.3 is 0 Å². The largest absolute Gasteiger partial charge is 0.351 e. The summed E-state index contributed by atoms with van der Waals surface area (Å²) in [5.74, 6) is -2.89. The molecule has 2 aromatic carbocycles. The summed E-state index contributed by atoms with van der Waals surface area (Å²) in [6, 6.07) is 12.3. The number of aromatic nitrogens is 1. The summed E-state index contributed by atoms with van der Waals surface area (Å²) in [7, 11) is 0. The molecule has 0 saturated carbocycles. The second-order valence-electron chi connectivity index (χ2n) is 8.06. The molecule has 3 amide bonds. The molecule has 0 aliphatic carbocycles. The molecule has 0 bridgehead atoms. The monoisotopic (exact) mass is 467 g/mol. The summed E-state index contributed by atoms with van der Waals surface area (Å²) in [5.41, 5.74) is 1.32. The van der Waals surface area contributed by atoms with Crippen LogP contribution < -0.4 is 10.2 Å². The van der Waals surface area contributed by atoms with Crippen molar-refractivity contribution < 1.29 is 28.1 Å². The zero-order chi connectivity index (χ0) is 23.1. The zero-order valence-corrected chi connectivity index (χ0v) is 18.1. The fourth-order valence-electron chi connectivity index (χ4n) is 4.23. The number of nitrogens with one attached hydrogen (secondary N) is 1. The summed E-state index contributed by atoms with van der Waals surface area (Å²) in [6.45, 7) is 0. The average Bonchev–Trinajstić information content (AvgIpc) is 3.34. The van der Waals surface area contributed by atoms with Gasteiger partial charge in [0.2, 0.25) is 17.4 Å². The third-order valence-corrected chi connectivity index (χ3v) is 6.81. The minimum absolute atomic E-state index is 0.0778. The van der Waals surface area contributed by atoms with Gasteiger partial charge in [-0.15, -0.1) is 0 Å². The number of amides is 3. The van der Waals surface area contributed by atoms with Gasteiger partial charge in [-0.2, -0.15) is 0 Å². The lowest BCUT2D eigenvalue weighted by Crippen LogP contribution is -2.46. The van der Waals surface area contributed by atoms with E-state index in [1.54, 1.807) is 6.07 Å². The highest BCUT2D eigenvalue weighted by atomic mass is 32.2. The Balaban J connectivity index is 1.48. The third kappa shape index (κ3) is 4.02. The second-order valence-corrected chi connectivity index (χ2v) is 9.03. The number of carbonyl (C=O) groups is 4. The molecule has 2 aliphatic heterocycles. The van der Waals surface area contributed by atoms with E-state index >= 15 is 0 Å². The molecular weight excluding hydrogens is 449 g/mol. The molecule has 5 rings (SSSR count). The lowest BCUT2D eigenvalue weighted by atomic mass is 9.89. The first-order valence-corrected chi connectivity index (χ1v) is 11.3. The van der Waals surface area contributed by atoms with E-state index < -0.39 is 29.3 Å². The summed E-state index contributed by atoms with van der Waals surface area (Å²) in [6.07, 6.45) is 0.132. The molecule has 33 heavy (non-hydrogen) atoms. The Morgan fingerprint density at radius 1 is 1.09 bits per heavy atom. The highest BCUT2D eigenvalue weighted by Gasteiger charge is 2.37. The number of hydrogen-bond donors (Lipinski definition) is 1. The molecule has 2 atom stereocenters. The van der Waals surface area contributed by atoms with Crippen LogP contribution in [0.3, 0.4) is 0 Å². The van der Waals surface area contributed by atoms with Gasteiger partial charge in [0, 0.05) is 5.75 Å². The fourth-order valence-corrected chi connectivity index (χ4v) is 5.21. The number of Topliss-reactive ketones (excluding diaryl/α,β-unsaturated/α-hetero) is 1. The van der Waals surface area contributed by atoms with Crippen LogP contribution in [0.25, 0.3) is 11.0 Å². The van der Waals surface area contributed by atoms with E-state index in [0.717, 1.165) is 17.3 Å². The number of thioether (sulfide) groups is 1. The van der Waals surface area contributed by atoms with Crippen LogP contribution in [0.15, 0.2) is 47.0 Å². The molecule has 1 aromatic heterocycles. The molecule has 2 fully saturated rings. The fraction of sp³-hybridized carbons (Fsp3) is 0.261. The van der Waals surface area contributed by atoms with Gasteiger partial charge in [0.05, 0.1) is 17.8 Å². The van der Waals surface area contributed by atoms with Gasteiger partial charge in [0.25, 0.3) is 5.24 Å². The Bertz CT molecular complexity index is 1270. The number of halogens is 1. The Morgan fingerprint density at radius 3 is 2.64 bits per heavy atom. The first-order chi connectivity index (χ1) is 15.9. The smallest absolute Gasteiger partial charge is 0.287 e. The van der Waals surface area contributed by atoms with E-state index in [2.05, 4.69) is 10.5 Å². The number of imide groups is 1. The van der Waals surface area contributed by atoms with E-state index in [1.165, 1.54) is 11.0 Å². The molecule has 1 N–H and O–H groups in total. The standard InChI is InChI=1S/C23H18FN3O5S/c24-17-9-13(7-15-18(28)10-19(29)25-22(15)30)8-16-20(17)32-26-21(16)27-14(11-33-23(27)31)6-12-4-2-1-3-5-12/h1-5,8-9,14-15H,6-7,10-11H2,(H,25,29,30)/t14-,15?/m0/s1. The van der Waals surface area contributed by atoms with Crippen molar-refractivity contribution in [2.24, 2.45) is 5.92 Å². The van der Waals surface area contributed by atoms with Crippen LogP contribution in [0.5, 0.6) is 0 Å². The van der Waals surface area contributed by atoms with Gasteiger partial charge in [0.1, 0.15) is 5.92 Å². The van der Waals surface area contributed by atoms with Crippen molar-refractivity contribution in [1.82, 2.24) is 10.5 Å². The molecule has 0 radical (unpaired) electrons. The first-order valence-electron chi connectivity index (χ1n) is 10.3. The summed E-state index contributed by atoms with van der Waals surface area (Å²) in [5, 5.41) is 6.21. The number of fused-ring (bicyclic) bond motifs is 1. The molecule has 1 unspecified atom stereocenters. The van der Waals surface area contributed by atoms with E-state index in [4.69, 9.17) is 4.52 Å². The predicted octanol–water partition coefficient (Wildman–Crippen LogP) is 3.03. The Hall–Kier alpha value is -3.53. The molecule has 3 heterocycles. The number of benzene rings is 2. The highest BCUT2D eigenvalue weighted by molar-refractivity contribution is 8.14. The lowest BCUT2D eigenvalue weighted by molar-refractivity contribution is -0.143. The lowest BCUT2D eigenvalue weighted by Gasteiger charge is -2.22. The van der Waals surface area contributed by atoms with E-state index in [1.807, 2.05) is 30.3 Å². The predicted molar refractivity (Wildman–Crippen MR) is 118 cm³/mol. The van der Waals surface area contributed by atoms with Crippen LogP contribution >= 0.6 is 11.8 Å². The van der Waals surface area contributed by atoms with E-state index in [9.17, 15) is 23.6 Å². The maximum Gasteiger partial charge on any atom is 0.287 e. The molecule has 10 heteroatoms. The first kappa shape index (κ1) is 21.3. The van der Waals surface area contributed by atoms with Crippen molar-refractivity contribution in [2.75, 3.05) is 10.7 Å². The Morgan fingerprint density at radius 2 is 1.88 bits per heavy atom. The number of carbonyl (C=O) groups excluding carboxylic acids is 4. The van der Waals surface area contributed by atoms with Crippen molar-refractivity contribution in [1.29, 1.82) is 0 Å². The molecular formula is C23H18FN3O5S. The van der Waals surface area contributed by atoms with Gasteiger partial charge in [-0.1, -0.05) is 47.3 Å². The van der Waals surface area contributed by atoms with Crippen LogP contribution in [-0.2, 0) is 27.2 Å². The third-order valence-electron chi connectivity index (χ3n) is 5.81. The van der Waals surface area contributed by atoms with Crippen molar-refractivity contribution in [2.45, 2.75) is 25.3 Å². The Kier molecular flexibility index (Phi) is 5.45. The maximum atomic E-state index is 14.8. The normalized spacial score (nSPS) is 21.2. The number of hydrogen-bond acceptors (Lipinski definition) is 7. The Labute approximate surface area is 191 Å². The summed E-state index contributed by atoms with van der Waals surface area (Å²) in [4.78, 5) is 49.9. The quantitative estimate of drug-likeness (QED) is 0.454. The average molecular weight is 467 g/mol. The van der Waals surface area contributed by atoms with Crippen LogP contribution in [0, 0.1) is 11.7 Å². The molecule has 168 valence electrons. The number of nitrogens with zero attached hydrogens (tertiary/aromatic N) is 2. The van der Waals surface area contributed by atoms with E-state index in [0.29, 0.717) is 23.1 Å². The second kappa shape index (κ2) is 8.43. The van der Waals surface area contributed by atoms with Gasteiger partial charge in [-0.3, -0.25) is 29.4 Å². The van der Waals surface area contributed by atoms with Gasteiger partial charge in [-0.05, 0) is 36.1 Å². The summed E-state index contributed by atoms with van der Waals surface area (Å²) >= 11 is 1.16. The van der Waals surface area contributed by atoms with Crippen LogP contribution in [-0.4, -0.2) is 39.8 Å². The van der Waals surface area contributed by atoms with Gasteiger partial charge < -0.3 is 4.52 Å².